The molecule has 3 nitrogen and oxygen atoms in total. The highest BCUT2D eigenvalue weighted by atomic mass is 32.2. The van der Waals surface area contributed by atoms with Crippen molar-refractivity contribution in [2.45, 2.75) is 23.8 Å². The van der Waals surface area contributed by atoms with Crippen molar-refractivity contribution in [3.8, 4) is 0 Å². The SMILES string of the molecule is CCSc1cnnnc1SCC. The van der Waals surface area contributed by atoms with Crippen LogP contribution in [0.25, 0.3) is 0 Å². The van der Waals surface area contributed by atoms with Crippen LogP contribution in [0.5, 0.6) is 0 Å². The van der Waals surface area contributed by atoms with Gasteiger partial charge in [0.25, 0.3) is 0 Å². The van der Waals surface area contributed by atoms with Crippen molar-refractivity contribution in [1.82, 2.24) is 15.4 Å². The Balaban J connectivity index is 2.77. The van der Waals surface area contributed by atoms with Crippen LogP contribution in [0.1, 0.15) is 13.8 Å². The molecule has 1 aromatic heterocycles. The van der Waals surface area contributed by atoms with E-state index in [9.17, 15) is 0 Å². The highest BCUT2D eigenvalue weighted by Gasteiger charge is 2.03. The van der Waals surface area contributed by atoms with Gasteiger partial charge in [-0.2, -0.15) is 0 Å². The zero-order chi connectivity index (χ0) is 8.81. The van der Waals surface area contributed by atoms with E-state index in [2.05, 4.69) is 29.3 Å². The van der Waals surface area contributed by atoms with Crippen molar-refractivity contribution >= 4 is 23.5 Å². The molecule has 0 saturated heterocycles. The molecular formula is C7H11N3S2. The summed E-state index contributed by atoms with van der Waals surface area (Å²) in [5.74, 6) is 2.07. The van der Waals surface area contributed by atoms with E-state index in [1.165, 1.54) is 0 Å². The predicted molar refractivity (Wildman–Crippen MR) is 52.6 cm³/mol. The molecule has 12 heavy (non-hydrogen) atoms. The molecule has 1 aromatic rings. The topological polar surface area (TPSA) is 38.7 Å². The maximum atomic E-state index is 3.97. The Kier molecular flexibility index (Phi) is 4.39. The van der Waals surface area contributed by atoms with E-state index < -0.39 is 0 Å². The fourth-order valence-corrected chi connectivity index (χ4v) is 2.25. The van der Waals surface area contributed by atoms with Gasteiger partial charge in [0.1, 0.15) is 5.03 Å². The van der Waals surface area contributed by atoms with Crippen LogP contribution in [-0.2, 0) is 0 Å². The molecule has 0 bridgehead atoms. The molecule has 0 saturated carbocycles. The summed E-state index contributed by atoms with van der Waals surface area (Å²) in [6, 6.07) is 0. The quantitative estimate of drug-likeness (QED) is 0.697. The first-order valence-electron chi connectivity index (χ1n) is 3.82. The first-order valence-corrected chi connectivity index (χ1v) is 5.79. The van der Waals surface area contributed by atoms with E-state index in [4.69, 9.17) is 0 Å². The van der Waals surface area contributed by atoms with Gasteiger partial charge in [-0.25, -0.2) is 0 Å². The van der Waals surface area contributed by atoms with Crippen LogP contribution >= 0.6 is 23.5 Å². The molecule has 0 aliphatic rings. The molecule has 0 radical (unpaired) electrons. The molecule has 66 valence electrons. The van der Waals surface area contributed by atoms with Gasteiger partial charge in [-0.3, -0.25) is 0 Å². The summed E-state index contributed by atoms with van der Waals surface area (Å²) >= 11 is 3.46. The van der Waals surface area contributed by atoms with Gasteiger partial charge in [-0.05, 0) is 16.7 Å². The van der Waals surface area contributed by atoms with Gasteiger partial charge >= 0.3 is 0 Å². The molecular weight excluding hydrogens is 190 g/mol. The molecule has 1 heterocycles. The van der Waals surface area contributed by atoms with E-state index in [0.717, 1.165) is 21.4 Å². The molecule has 0 amide bonds. The van der Waals surface area contributed by atoms with E-state index in [1.807, 2.05) is 0 Å². The van der Waals surface area contributed by atoms with Crippen molar-refractivity contribution in [1.29, 1.82) is 0 Å². The molecule has 0 atom stereocenters. The van der Waals surface area contributed by atoms with Crippen molar-refractivity contribution in [3.05, 3.63) is 6.20 Å². The molecule has 1 rings (SSSR count). The fraction of sp³-hybridized carbons (Fsp3) is 0.571. The number of aromatic nitrogens is 3. The Morgan fingerprint density at radius 1 is 1.25 bits per heavy atom. The van der Waals surface area contributed by atoms with E-state index in [-0.39, 0.29) is 0 Å². The molecule has 0 aliphatic carbocycles. The van der Waals surface area contributed by atoms with E-state index in [1.54, 1.807) is 29.7 Å². The molecule has 0 spiro atoms. The normalized spacial score (nSPS) is 10.2. The van der Waals surface area contributed by atoms with Gasteiger partial charge in [0.2, 0.25) is 0 Å². The Bertz CT molecular complexity index is 217. The van der Waals surface area contributed by atoms with Crippen LogP contribution < -0.4 is 0 Å². The zero-order valence-electron chi connectivity index (χ0n) is 7.15. The van der Waals surface area contributed by atoms with Gasteiger partial charge in [-0.1, -0.05) is 13.8 Å². The second-order valence-electron chi connectivity index (χ2n) is 1.97. The average molecular weight is 201 g/mol. The van der Waals surface area contributed by atoms with Crippen LogP contribution in [0.2, 0.25) is 0 Å². The van der Waals surface area contributed by atoms with E-state index in [0.29, 0.717) is 0 Å². The minimum absolute atomic E-state index is 0.999. The third-order valence-electron chi connectivity index (χ3n) is 1.15. The molecule has 0 N–H and O–H groups in total. The van der Waals surface area contributed by atoms with E-state index >= 15 is 0 Å². The maximum Gasteiger partial charge on any atom is 0.136 e. The number of hydrogen-bond donors (Lipinski definition) is 0. The van der Waals surface area contributed by atoms with Gasteiger partial charge in [-0.15, -0.1) is 33.7 Å². The fourth-order valence-electron chi connectivity index (χ4n) is 0.740. The maximum absolute atomic E-state index is 3.97. The van der Waals surface area contributed by atoms with Gasteiger partial charge in [0.15, 0.2) is 0 Å². The highest BCUT2D eigenvalue weighted by Crippen LogP contribution is 2.26. The third-order valence-corrected chi connectivity index (χ3v) is 3.05. The zero-order valence-corrected chi connectivity index (χ0v) is 8.78. The number of thioether (sulfide) groups is 2. The highest BCUT2D eigenvalue weighted by molar-refractivity contribution is 8.02. The standard InChI is InChI=1S/C7H11N3S2/c1-3-11-6-5-8-10-9-7(6)12-4-2/h5H,3-4H2,1-2H3. The molecule has 0 aliphatic heterocycles. The monoisotopic (exact) mass is 201 g/mol. The van der Waals surface area contributed by atoms with Crippen LogP contribution in [-0.4, -0.2) is 26.9 Å². The Labute approximate surface area is 80.7 Å². The van der Waals surface area contributed by atoms with Crippen molar-refractivity contribution < 1.29 is 0 Å². The van der Waals surface area contributed by atoms with Crippen LogP contribution in [0.4, 0.5) is 0 Å². The number of hydrogen-bond acceptors (Lipinski definition) is 5. The van der Waals surface area contributed by atoms with Gasteiger partial charge in [0.05, 0.1) is 11.1 Å². The van der Waals surface area contributed by atoms with Crippen molar-refractivity contribution in [2.24, 2.45) is 0 Å². The van der Waals surface area contributed by atoms with Crippen molar-refractivity contribution in [2.75, 3.05) is 11.5 Å². The number of rotatable bonds is 4. The Morgan fingerprint density at radius 3 is 2.67 bits per heavy atom. The molecule has 0 unspecified atom stereocenters. The van der Waals surface area contributed by atoms with Gasteiger partial charge < -0.3 is 0 Å². The predicted octanol–water partition coefficient (Wildman–Crippen LogP) is 2.10. The molecule has 5 heteroatoms. The smallest absolute Gasteiger partial charge is 0.136 e. The minimum Gasteiger partial charge on any atom is -0.137 e. The molecule has 0 fully saturated rings. The summed E-state index contributed by atoms with van der Waals surface area (Å²) in [7, 11) is 0. The largest absolute Gasteiger partial charge is 0.137 e. The summed E-state index contributed by atoms with van der Waals surface area (Å²) in [6.07, 6.45) is 1.78. The summed E-state index contributed by atoms with van der Waals surface area (Å²) in [6.45, 7) is 4.22. The third kappa shape index (κ3) is 2.64. The van der Waals surface area contributed by atoms with Crippen LogP contribution in [0, 0.1) is 0 Å². The second-order valence-corrected chi connectivity index (χ2v) is 4.53. The van der Waals surface area contributed by atoms with Crippen molar-refractivity contribution in [3.63, 3.8) is 0 Å². The summed E-state index contributed by atoms with van der Waals surface area (Å²) in [5.41, 5.74) is 0. The van der Waals surface area contributed by atoms with Gasteiger partial charge in [0, 0.05) is 0 Å². The molecule has 0 aromatic carbocycles. The van der Waals surface area contributed by atoms with Crippen LogP contribution in [0.3, 0.4) is 0 Å². The minimum atomic E-state index is 0.999. The first kappa shape index (κ1) is 9.80. The Morgan fingerprint density at radius 2 is 2.00 bits per heavy atom. The Hall–Kier alpha value is -0.290. The lowest BCUT2D eigenvalue weighted by Crippen LogP contribution is -1.92. The lowest BCUT2D eigenvalue weighted by molar-refractivity contribution is 0.764. The van der Waals surface area contributed by atoms with Crippen LogP contribution in [0.15, 0.2) is 16.1 Å². The summed E-state index contributed by atoms with van der Waals surface area (Å²) in [5, 5.41) is 12.3. The average Bonchev–Trinajstić information content (AvgIpc) is 2.09. The first-order chi connectivity index (χ1) is 5.88. The lowest BCUT2D eigenvalue weighted by Gasteiger charge is -2.01. The lowest BCUT2D eigenvalue weighted by atomic mass is 10.7. The summed E-state index contributed by atoms with van der Waals surface area (Å²) < 4.78 is 0. The second kappa shape index (κ2) is 5.37. The number of nitrogens with zero attached hydrogens (tertiary/aromatic N) is 3. The summed E-state index contributed by atoms with van der Waals surface area (Å²) in [4.78, 5) is 1.14.